The minimum atomic E-state index is -0.287. The second-order valence-corrected chi connectivity index (χ2v) is 5.61. The number of nitrogens with two attached hydrogens (primary N) is 1. The molecule has 2 aromatic rings. The van der Waals surface area contributed by atoms with Crippen molar-refractivity contribution in [3.63, 3.8) is 0 Å². The van der Waals surface area contributed by atoms with Crippen LogP contribution >= 0.6 is 11.8 Å². The molecule has 2 N–H and O–H groups in total. The third-order valence-electron chi connectivity index (χ3n) is 3.05. The van der Waals surface area contributed by atoms with E-state index in [0.717, 1.165) is 16.2 Å². The largest absolute Gasteiger partial charge is 0.401 e. The molecule has 0 spiro atoms. The number of allylic oxidation sites excluding steroid dienone is 3. The molecular formula is C16H16N4OS. The number of aromatic nitrogens is 2. The lowest BCUT2D eigenvalue weighted by molar-refractivity contribution is -0.112. The van der Waals surface area contributed by atoms with Gasteiger partial charge in [0.25, 0.3) is 0 Å². The monoisotopic (exact) mass is 312 g/mol. The lowest BCUT2D eigenvalue weighted by Gasteiger charge is -2.05. The Morgan fingerprint density at radius 3 is 2.91 bits per heavy atom. The average Bonchev–Trinajstić information content (AvgIpc) is 2.84. The quantitative estimate of drug-likeness (QED) is 0.383. The SMILES string of the molecule is C=CCn1c(SCC(=O)C(C#N)=C(C)N)nc2ccccc21. The molecule has 1 aromatic carbocycles. The number of para-hydroxylation sites is 2. The molecule has 0 saturated carbocycles. The van der Waals surface area contributed by atoms with Crippen molar-refractivity contribution in [2.75, 3.05) is 5.75 Å². The lowest BCUT2D eigenvalue weighted by atomic mass is 10.2. The smallest absolute Gasteiger partial charge is 0.185 e. The second-order valence-electron chi connectivity index (χ2n) is 4.66. The molecular weight excluding hydrogens is 296 g/mol. The fourth-order valence-corrected chi connectivity index (χ4v) is 2.94. The van der Waals surface area contributed by atoms with E-state index < -0.39 is 0 Å². The number of hydrogen-bond acceptors (Lipinski definition) is 5. The number of rotatable bonds is 6. The van der Waals surface area contributed by atoms with Crippen LogP contribution in [0.2, 0.25) is 0 Å². The molecule has 0 aliphatic rings. The molecule has 0 unspecified atom stereocenters. The summed E-state index contributed by atoms with van der Waals surface area (Å²) in [6.45, 7) is 5.91. The van der Waals surface area contributed by atoms with E-state index in [1.807, 2.05) is 34.9 Å². The Kier molecular flexibility index (Phi) is 5.02. The number of nitrogens with zero attached hydrogens (tertiary/aromatic N) is 3. The van der Waals surface area contributed by atoms with Crippen LogP contribution in [0.3, 0.4) is 0 Å². The fourth-order valence-electron chi connectivity index (χ4n) is 2.04. The molecule has 5 nitrogen and oxygen atoms in total. The van der Waals surface area contributed by atoms with Crippen LogP contribution in [-0.4, -0.2) is 21.1 Å². The van der Waals surface area contributed by atoms with Gasteiger partial charge in [0, 0.05) is 12.2 Å². The first-order chi connectivity index (χ1) is 10.6. The van der Waals surface area contributed by atoms with Gasteiger partial charge in [0.2, 0.25) is 0 Å². The predicted octanol–water partition coefficient (Wildman–Crippen LogP) is 2.64. The van der Waals surface area contributed by atoms with Crippen molar-refractivity contribution in [1.29, 1.82) is 5.26 Å². The van der Waals surface area contributed by atoms with Crippen LogP contribution in [0, 0.1) is 11.3 Å². The summed E-state index contributed by atoms with van der Waals surface area (Å²) in [5.74, 6) is -0.164. The molecule has 2 rings (SSSR count). The third kappa shape index (κ3) is 3.21. The van der Waals surface area contributed by atoms with Gasteiger partial charge in [-0.25, -0.2) is 4.98 Å². The normalized spacial score (nSPS) is 11.8. The first kappa shape index (κ1) is 15.9. The molecule has 0 amide bonds. The summed E-state index contributed by atoms with van der Waals surface area (Å²) < 4.78 is 1.99. The Labute approximate surface area is 133 Å². The maximum atomic E-state index is 12.0. The zero-order valence-corrected chi connectivity index (χ0v) is 13.1. The zero-order valence-electron chi connectivity index (χ0n) is 12.2. The minimum Gasteiger partial charge on any atom is -0.401 e. The van der Waals surface area contributed by atoms with E-state index in [-0.39, 0.29) is 22.8 Å². The van der Waals surface area contributed by atoms with Gasteiger partial charge in [-0.3, -0.25) is 4.79 Å². The zero-order chi connectivity index (χ0) is 16.1. The molecule has 0 aliphatic heterocycles. The number of carbonyl (C=O) groups excluding carboxylic acids is 1. The Morgan fingerprint density at radius 2 is 2.27 bits per heavy atom. The van der Waals surface area contributed by atoms with Crippen LogP contribution in [0.25, 0.3) is 11.0 Å². The van der Waals surface area contributed by atoms with Crippen LogP contribution < -0.4 is 5.73 Å². The molecule has 1 heterocycles. The first-order valence-corrected chi connectivity index (χ1v) is 7.65. The fraction of sp³-hybridized carbons (Fsp3) is 0.188. The van der Waals surface area contributed by atoms with Crippen molar-refractivity contribution >= 4 is 28.6 Å². The first-order valence-electron chi connectivity index (χ1n) is 6.67. The van der Waals surface area contributed by atoms with Crippen molar-refractivity contribution in [2.24, 2.45) is 5.73 Å². The van der Waals surface area contributed by atoms with Crippen molar-refractivity contribution in [3.8, 4) is 6.07 Å². The van der Waals surface area contributed by atoms with Crippen LogP contribution in [0.15, 0.2) is 53.3 Å². The van der Waals surface area contributed by atoms with Gasteiger partial charge in [0.15, 0.2) is 10.9 Å². The highest BCUT2D eigenvalue weighted by atomic mass is 32.2. The highest BCUT2D eigenvalue weighted by Crippen LogP contribution is 2.24. The highest BCUT2D eigenvalue weighted by Gasteiger charge is 2.15. The standard InChI is InChI=1S/C16H16N4OS/c1-3-8-20-14-7-5-4-6-13(14)19-16(20)22-10-15(21)12(9-17)11(2)18/h3-7H,1,8,10,18H2,2H3. The summed E-state index contributed by atoms with van der Waals surface area (Å²) in [4.78, 5) is 16.6. The number of nitriles is 1. The van der Waals surface area contributed by atoms with Gasteiger partial charge in [-0.15, -0.1) is 6.58 Å². The third-order valence-corrected chi connectivity index (χ3v) is 4.02. The summed E-state index contributed by atoms with van der Waals surface area (Å²) in [5.41, 5.74) is 7.66. The summed E-state index contributed by atoms with van der Waals surface area (Å²) in [6.07, 6.45) is 1.78. The number of hydrogen-bond donors (Lipinski definition) is 1. The molecule has 6 heteroatoms. The van der Waals surface area contributed by atoms with Gasteiger partial charge in [0.1, 0.15) is 11.6 Å². The van der Waals surface area contributed by atoms with Crippen LogP contribution in [0.1, 0.15) is 6.92 Å². The Hall–Kier alpha value is -2.52. The Bertz CT molecular complexity index is 794. The van der Waals surface area contributed by atoms with E-state index in [4.69, 9.17) is 11.0 Å². The summed E-state index contributed by atoms with van der Waals surface area (Å²) in [5, 5.41) is 9.69. The van der Waals surface area contributed by atoms with Crippen molar-refractivity contribution in [2.45, 2.75) is 18.6 Å². The van der Waals surface area contributed by atoms with E-state index in [1.165, 1.54) is 11.8 Å². The molecule has 0 saturated heterocycles. The number of imidazole rings is 1. The maximum Gasteiger partial charge on any atom is 0.185 e. The molecule has 112 valence electrons. The van der Waals surface area contributed by atoms with E-state index in [9.17, 15) is 4.79 Å². The van der Waals surface area contributed by atoms with Gasteiger partial charge in [-0.1, -0.05) is 30.0 Å². The number of ketones is 1. The van der Waals surface area contributed by atoms with E-state index in [1.54, 1.807) is 13.0 Å². The summed E-state index contributed by atoms with van der Waals surface area (Å²) >= 11 is 1.30. The number of fused-ring (bicyclic) bond motifs is 1. The molecule has 22 heavy (non-hydrogen) atoms. The van der Waals surface area contributed by atoms with Crippen LogP contribution in [0.4, 0.5) is 0 Å². The van der Waals surface area contributed by atoms with E-state index in [0.29, 0.717) is 6.54 Å². The van der Waals surface area contributed by atoms with Gasteiger partial charge in [0.05, 0.1) is 16.8 Å². The minimum absolute atomic E-state index is 0.0129. The average molecular weight is 312 g/mol. The number of benzene rings is 1. The Balaban J connectivity index is 2.27. The molecule has 0 aliphatic carbocycles. The second kappa shape index (κ2) is 6.96. The van der Waals surface area contributed by atoms with E-state index in [2.05, 4.69) is 11.6 Å². The highest BCUT2D eigenvalue weighted by molar-refractivity contribution is 7.99. The van der Waals surface area contributed by atoms with Crippen molar-refractivity contribution in [3.05, 3.63) is 48.2 Å². The number of carbonyl (C=O) groups is 1. The molecule has 1 aromatic heterocycles. The van der Waals surface area contributed by atoms with Gasteiger partial charge in [-0.2, -0.15) is 5.26 Å². The number of Topliss-reactive ketones (excluding diaryl/α,β-unsaturated/α-hetero) is 1. The molecule has 0 atom stereocenters. The van der Waals surface area contributed by atoms with Crippen molar-refractivity contribution in [1.82, 2.24) is 9.55 Å². The lowest BCUT2D eigenvalue weighted by Crippen LogP contribution is -2.11. The molecule has 0 fully saturated rings. The van der Waals surface area contributed by atoms with Crippen LogP contribution in [0.5, 0.6) is 0 Å². The van der Waals surface area contributed by atoms with Gasteiger partial charge < -0.3 is 10.3 Å². The Morgan fingerprint density at radius 1 is 1.55 bits per heavy atom. The van der Waals surface area contributed by atoms with Gasteiger partial charge in [-0.05, 0) is 19.1 Å². The molecule has 0 bridgehead atoms. The van der Waals surface area contributed by atoms with Crippen molar-refractivity contribution < 1.29 is 4.79 Å². The molecule has 0 radical (unpaired) electrons. The number of thioether (sulfide) groups is 1. The van der Waals surface area contributed by atoms with Gasteiger partial charge >= 0.3 is 0 Å². The van der Waals surface area contributed by atoms with E-state index >= 15 is 0 Å². The topological polar surface area (TPSA) is 84.7 Å². The predicted molar refractivity (Wildman–Crippen MR) is 88.2 cm³/mol. The summed E-state index contributed by atoms with van der Waals surface area (Å²) in [7, 11) is 0. The maximum absolute atomic E-state index is 12.0. The van der Waals surface area contributed by atoms with Crippen LogP contribution in [-0.2, 0) is 11.3 Å². The summed E-state index contributed by atoms with van der Waals surface area (Å²) in [6, 6.07) is 9.61.